The summed E-state index contributed by atoms with van der Waals surface area (Å²) in [5.41, 5.74) is 5.46. The molecule has 0 radical (unpaired) electrons. The molecule has 126 valence electrons. The van der Waals surface area contributed by atoms with Gasteiger partial charge in [-0.3, -0.25) is 15.2 Å². The normalized spacial score (nSPS) is 11.2. The van der Waals surface area contributed by atoms with E-state index in [9.17, 15) is 9.59 Å². The molecule has 1 unspecified atom stereocenters. The average Bonchev–Trinajstić information content (AvgIpc) is 2.60. The van der Waals surface area contributed by atoms with Crippen LogP contribution in [-0.2, 0) is 4.79 Å². The maximum Gasteiger partial charge on any atom is 0.333 e. The molecule has 0 aliphatic carbocycles. The van der Waals surface area contributed by atoms with Gasteiger partial charge in [0.1, 0.15) is 5.75 Å². The van der Waals surface area contributed by atoms with Crippen LogP contribution in [-0.4, -0.2) is 23.5 Å². The lowest BCUT2D eigenvalue weighted by Gasteiger charge is -2.15. The van der Waals surface area contributed by atoms with Gasteiger partial charge in [-0.05, 0) is 48.9 Å². The number of hydrogen-bond acceptors (Lipinski definition) is 4. The van der Waals surface area contributed by atoms with Crippen molar-refractivity contribution >= 4 is 27.9 Å². The molecular weight excluding hydrogens is 376 g/mol. The Balaban J connectivity index is 1.69. The van der Waals surface area contributed by atoms with Crippen LogP contribution in [0.3, 0.4) is 0 Å². The largest absolute Gasteiger partial charge is 0.484 e. The molecule has 2 rings (SSSR count). The first-order valence-electron chi connectivity index (χ1n) is 7.18. The van der Waals surface area contributed by atoms with Crippen molar-refractivity contribution in [1.82, 2.24) is 21.2 Å². The van der Waals surface area contributed by atoms with Crippen molar-refractivity contribution < 1.29 is 14.3 Å². The topological polar surface area (TPSA) is 92.4 Å². The molecule has 7 nitrogen and oxygen atoms in total. The smallest absolute Gasteiger partial charge is 0.333 e. The number of nitrogens with one attached hydrogen (secondary N) is 3. The van der Waals surface area contributed by atoms with Crippen LogP contribution in [0.5, 0.6) is 5.75 Å². The van der Waals surface area contributed by atoms with Crippen LogP contribution in [0, 0.1) is 0 Å². The number of hydrogen-bond donors (Lipinski definition) is 3. The molecule has 0 saturated carbocycles. The van der Waals surface area contributed by atoms with Gasteiger partial charge in [-0.1, -0.05) is 15.9 Å². The highest BCUT2D eigenvalue weighted by atomic mass is 79.9. The van der Waals surface area contributed by atoms with Gasteiger partial charge < -0.3 is 10.1 Å². The molecule has 0 bridgehead atoms. The maximum atomic E-state index is 11.7. The van der Waals surface area contributed by atoms with Crippen molar-refractivity contribution in [2.45, 2.75) is 13.0 Å². The third-order valence-electron chi connectivity index (χ3n) is 3.05. The SMILES string of the molecule is CC(NC(=O)NNC(=O)COc1ccc(Br)cc1)c1ccncc1. The Kier molecular flexibility index (Phi) is 6.56. The summed E-state index contributed by atoms with van der Waals surface area (Å²) in [6.07, 6.45) is 3.29. The third-order valence-corrected chi connectivity index (χ3v) is 3.58. The summed E-state index contributed by atoms with van der Waals surface area (Å²) < 4.78 is 6.21. The van der Waals surface area contributed by atoms with Crippen LogP contribution in [0.2, 0.25) is 0 Å². The standard InChI is InChI=1S/C16H17BrN4O3/c1-11(12-6-8-18-9-7-12)19-16(23)21-20-15(22)10-24-14-4-2-13(17)3-5-14/h2-9,11H,10H2,1H3,(H,20,22)(H2,19,21,23). The average molecular weight is 393 g/mol. The highest BCUT2D eigenvalue weighted by Crippen LogP contribution is 2.15. The minimum atomic E-state index is -0.517. The van der Waals surface area contributed by atoms with E-state index in [-0.39, 0.29) is 12.6 Å². The molecule has 1 aromatic heterocycles. The van der Waals surface area contributed by atoms with E-state index in [0.29, 0.717) is 5.75 Å². The van der Waals surface area contributed by atoms with Crippen molar-refractivity contribution in [3.8, 4) is 5.75 Å². The Labute approximate surface area is 147 Å². The summed E-state index contributed by atoms with van der Waals surface area (Å²) in [5.74, 6) is 0.0914. The van der Waals surface area contributed by atoms with E-state index in [2.05, 4.69) is 37.1 Å². The van der Waals surface area contributed by atoms with E-state index in [1.807, 2.05) is 6.92 Å². The Morgan fingerprint density at radius 2 is 1.79 bits per heavy atom. The van der Waals surface area contributed by atoms with E-state index in [0.717, 1.165) is 10.0 Å². The molecule has 1 aromatic carbocycles. The minimum absolute atomic E-state index is 0.207. The van der Waals surface area contributed by atoms with Gasteiger partial charge in [-0.25, -0.2) is 10.2 Å². The number of rotatable bonds is 5. The van der Waals surface area contributed by atoms with Crippen molar-refractivity contribution in [3.05, 3.63) is 58.8 Å². The molecule has 1 atom stereocenters. The van der Waals surface area contributed by atoms with Crippen molar-refractivity contribution in [2.24, 2.45) is 0 Å². The quantitative estimate of drug-likeness (QED) is 0.680. The molecular formula is C16H17BrN4O3. The second kappa shape index (κ2) is 8.88. The van der Waals surface area contributed by atoms with Gasteiger partial charge in [0.25, 0.3) is 5.91 Å². The number of nitrogens with zero attached hydrogens (tertiary/aromatic N) is 1. The van der Waals surface area contributed by atoms with Gasteiger partial charge in [0.2, 0.25) is 0 Å². The summed E-state index contributed by atoms with van der Waals surface area (Å²) >= 11 is 3.31. The van der Waals surface area contributed by atoms with Crippen LogP contribution < -0.4 is 20.9 Å². The van der Waals surface area contributed by atoms with Crippen molar-refractivity contribution in [3.63, 3.8) is 0 Å². The zero-order valence-electron chi connectivity index (χ0n) is 13.0. The highest BCUT2D eigenvalue weighted by molar-refractivity contribution is 9.10. The monoisotopic (exact) mass is 392 g/mol. The molecule has 8 heteroatoms. The van der Waals surface area contributed by atoms with Gasteiger partial charge >= 0.3 is 6.03 Å². The molecule has 2 aromatic rings. The van der Waals surface area contributed by atoms with Gasteiger partial charge in [0.15, 0.2) is 6.61 Å². The molecule has 1 heterocycles. The van der Waals surface area contributed by atoms with Gasteiger partial charge in [-0.2, -0.15) is 0 Å². The summed E-state index contributed by atoms with van der Waals surface area (Å²) in [7, 11) is 0. The zero-order valence-corrected chi connectivity index (χ0v) is 14.5. The fourth-order valence-electron chi connectivity index (χ4n) is 1.81. The van der Waals surface area contributed by atoms with E-state index >= 15 is 0 Å². The van der Waals surface area contributed by atoms with E-state index in [1.54, 1.807) is 48.8 Å². The number of pyridine rings is 1. The number of carbonyl (C=O) groups is 2. The molecule has 24 heavy (non-hydrogen) atoms. The summed E-state index contributed by atoms with van der Waals surface area (Å²) in [6, 6.07) is 9.94. The number of urea groups is 1. The number of halogens is 1. The van der Waals surface area contributed by atoms with Gasteiger partial charge in [-0.15, -0.1) is 0 Å². The summed E-state index contributed by atoms with van der Waals surface area (Å²) in [5, 5.41) is 2.69. The molecule has 0 fully saturated rings. The first kappa shape index (κ1) is 17.7. The van der Waals surface area contributed by atoms with Gasteiger partial charge in [0.05, 0.1) is 6.04 Å². The highest BCUT2D eigenvalue weighted by Gasteiger charge is 2.10. The number of hydrazine groups is 1. The number of carbonyl (C=O) groups excluding carboxylic acids is 2. The van der Waals surface area contributed by atoms with E-state index < -0.39 is 11.9 Å². The number of aromatic nitrogens is 1. The first-order chi connectivity index (χ1) is 11.5. The minimum Gasteiger partial charge on any atom is -0.484 e. The maximum absolute atomic E-state index is 11.7. The Morgan fingerprint density at radius 1 is 1.12 bits per heavy atom. The van der Waals surface area contributed by atoms with Crippen LogP contribution in [0.1, 0.15) is 18.5 Å². The van der Waals surface area contributed by atoms with Crippen LogP contribution in [0.15, 0.2) is 53.3 Å². The Bertz CT molecular complexity index is 679. The summed E-state index contributed by atoms with van der Waals surface area (Å²) in [6.45, 7) is 1.62. The van der Waals surface area contributed by atoms with Crippen LogP contribution >= 0.6 is 15.9 Å². The zero-order chi connectivity index (χ0) is 17.4. The second-order valence-corrected chi connectivity index (χ2v) is 5.81. The molecule has 3 N–H and O–H groups in total. The molecule has 0 aliphatic heterocycles. The Morgan fingerprint density at radius 3 is 2.46 bits per heavy atom. The lowest BCUT2D eigenvalue weighted by molar-refractivity contribution is -0.123. The van der Waals surface area contributed by atoms with Crippen molar-refractivity contribution in [1.29, 1.82) is 0 Å². The van der Waals surface area contributed by atoms with Crippen LogP contribution in [0.25, 0.3) is 0 Å². The number of ether oxygens (including phenoxy) is 1. The second-order valence-electron chi connectivity index (χ2n) is 4.89. The van der Waals surface area contributed by atoms with E-state index in [1.165, 1.54) is 0 Å². The molecule has 0 saturated heterocycles. The summed E-state index contributed by atoms with van der Waals surface area (Å²) in [4.78, 5) is 27.3. The fraction of sp³-hybridized carbons (Fsp3) is 0.188. The Hall–Kier alpha value is -2.61. The molecule has 0 spiro atoms. The third kappa shape index (κ3) is 5.88. The first-order valence-corrected chi connectivity index (χ1v) is 7.97. The lowest BCUT2D eigenvalue weighted by atomic mass is 10.1. The number of amides is 3. The predicted octanol–water partition coefficient (Wildman–Crippen LogP) is 2.31. The lowest BCUT2D eigenvalue weighted by Crippen LogP contribution is -2.48. The molecule has 0 aliphatic rings. The fourth-order valence-corrected chi connectivity index (χ4v) is 2.07. The van der Waals surface area contributed by atoms with Crippen molar-refractivity contribution in [2.75, 3.05) is 6.61 Å². The van der Waals surface area contributed by atoms with Gasteiger partial charge in [0, 0.05) is 16.9 Å². The van der Waals surface area contributed by atoms with Crippen LogP contribution in [0.4, 0.5) is 4.79 Å². The predicted molar refractivity (Wildman–Crippen MR) is 92.1 cm³/mol. The molecule has 3 amide bonds. The number of benzene rings is 1. The van der Waals surface area contributed by atoms with E-state index in [4.69, 9.17) is 4.74 Å².